The number of aryl methyl sites for hydroxylation is 1. The van der Waals surface area contributed by atoms with E-state index in [0.29, 0.717) is 12.0 Å². The molecule has 0 aliphatic rings. The summed E-state index contributed by atoms with van der Waals surface area (Å²) in [5, 5.41) is 7.73. The molecule has 0 radical (unpaired) electrons. The second-order valence-corrected chi connectivity index (χ2v) is 5.38. The second-order valence-electron chi connectivity index (χ2n) is 5.38. The van der Waals surface area contributed by atoms with Gasteiger partial charge in [-0.25, -0.2) is 0 Å². The molecule has 0 bridgehead atoms. The first-order valence-electron chi connectivity index (χ1n) is 6.88. The van der Waals surface area contributed by atoms with E-state index in [1.165, 1.54) is 16.8 Å². The smallest absolute Gasteiger partial charge is 0.0547 e. The lowest BCUT2D eigenvalue weighted by Gasteiger charge is -2.14. The fraction of sp³-hybridized carbons (Fsp3) is 0.438. The predicted octanol–water partition coefficient (Wildman–Crippen LogP) is 3.39. The molecule has 0 saturated heterocycles. The van der Waals surface area contributed by atoms with Crippen molar-refractivity contribution >= 4 is 0 Å². The van der Waals surface area contributed by atoms with Crippen LogP contribution in [0, 0.1) is 0 Å². The normalized spacial score (nSPS) is 12.9. The number of rotatable bonds is 5. The number of hydrogen-bond donors (Lipinski definition) is 1. The van der Waals surface area contributed by atoms with Gasteiger partial charge < -0.3 is 5.32 Å². The molecule has 3 nitrogen and oxygen atoms in total. The lowest BCUT2D eigenvalue weighted by Crippen LogP contribution is -2.20. The maximum absolute atomic E-state index is 4.20. The average molecular weight is 257 g/mol. The van der Waals surface area contributed by atoms with Crippen molar-refractivity contribution in [3.05, 3.63) is 53.3 Å². The molecule has 0 amide bonds. The summed E-state index contributed by atoms with van der Waals surface area (Å²) >= 11 is 0. The van der Waals surface area contributed by atoms with Gasteiger partial charge in [0, 0.05) is 25.8 Å². The van der Waals surface area contributed by atoms with Gasteiger partial charge in [0.2, 0.25) is 0 Å². The van der Waals surface area contributed by atoms with E-state index in [1.807, 2.05) is 17.9 Å². The quantitative estimate of drug-likeness (QED) is 0.889. The van der Waals surface area contributed by atoms with Crippen LogP contribution in [-0.2, 0) is 13.6 Å². The highest BCUT2D eigenvalue weighted by Crippen LogP contribution is 2.16. The van der Waals surface area contributed by atoms with Gasteiger partial charge in [-0.15, -0.1) is 0 Å². The summed E-state index contributed by atoms with van der Waals surface area (Å²) in [6.45, 7) is 7.49. The third-order valence-corrected chi connectivity index (χ3v) is 3.56. The SMILES string of the molecule is CC(C)c1ccc(CNC(C)c2ccnn2C)cc1. The monoisotopic (exact) mass is 257 g/mol. The Kier molecular flexibility index (Phi) is 4.38. The molecule has 1 heterocycles. The zero-order valence-electron chi connectivity index (χ0n) is 12.2. The Morgan fingerprint density at radius 2 is 1.79 bits per heavy atom. The van der Waals surface area contributed by atoms with Crippen molar-refractivity contribution in [1.82, 2.24) is 15.1 Å². The standard InChI is InChI=1S/C16H23N3/c1-12(2)15-7-5-14(6-8-15)11-17-13(3)16-9-10-18-19(16)4/h5-10,12-13,17H,11H2,1-4H3. The van der Waals surface area contributed by atoms with Crippen LogP contribution in [-0.4, -0.2) is 9.78 Å². The number of aromatic nitrogens is 2. The first-order valence-corrected chi connectivity index (χ1v) is 6.88. The van der Waals surface area contributed by atoms with Crippen LogP contribution < -0.4 is 5.32 Å². The first kappa shape index (κ1) is 13.8. The molecule has 1 N–H and O–H groups in total. The summed E-state index contributed by atoms with van der Waals surface area (Å²) in [6, 6.07) is 11.2. The van der Waals surface area contributed by atoms with E-state index in [4.69, 9.17) is 0 Å². The molecule has 0 fully saturated rings. The van der Waals surface area contributed by atoms with Crippen molar-refractivity contribution in [2.24, 2.45) is 7.05 Å². The van der Waals surface area contributed by atoms with Gasteiger partial charge in [-0.2, -0.15) is 5.10 Å². The summed E-state index contributed by atoms with van der Waals surface area (Å²) in [5.74, 6) is 0.593. The van der Waals surface area contributed by atoms with Crippen LogP contribution in [0.1, 0.15) is 49.6 Å². The van der Waals surface area contributed by atoms with Crippen LogP contribution in [0.25, 0.3) is 0 Å². The van der Waals surface area contributed by atoms with Gasteiger partial charge in [0.25, 0.3) is 0 Å². The van der Waals surface area contributed by atoms with Crippen LogP contribution in [0.5, 0.6) is 0 Å². The molecular formula is C16H23N3. The van der Waals surface area contributed by atoms with E-state index < -0.39 is 0 Å². The first-order chi connectivity index (χ1) is 9.08. The minimum atomic E-state index is 0.303. The Balaban J connectivity index is 1.93. The van der Waals surface area contributed by atoms with Crippen molar-refractivity contribution in [2.75, 3.05) is 0 Å². The van der Waals surface area contributed by atoms with E-state index in [2.05, 4.69) is 61.5 Å². The fourth-order valence-electron chi connectivity index (χ4n) is 2.20. The number of nitrogens with zero attached hydrogens (tertiary/aromatic N) is 2. The lowest BCUT2D eigenvalue weighted by molar-refractivity contribution is 0.530. The molecular weight excluding hydrogens is 234 g/mol. The van der Waals surface area contributed by atoms with E-state index in [9.17, 15) is 0 Å². The molecule has 0 aliphatic heterocycles. The van der Waals surface area contributed by atoms with Gasteiger partial charge in [0.05, 0.1) is 5.69 Å². The second kappa shape index (κ2) is 6.02. The van der Waals surface area contributed by atoms with Gasteiger partial charge in [0.1, 0.15) is 0 Å². The molecule has 1 atom stereocenters. The van der Waals surface area contributed by atoms with E-state index in [-0.39, 0.29) is 0 Å². The minimum Gasteiger partial charge on any atom is -0.305 e. The molecule has 2 rings (SSSR count). The van der Waals surface area contributed by atoms with Crippen LogP contribution in [0.4, 0.5) is 0 Å². The Morgan fingerprint density at radius 3 is 2.32 bits per heavy atom. The minimum absolute atomic E-state index is 0.303. The van der Waals surface area contributed by atoms with Gasteiger partial charge in [-0.05, 0) is 30.0 Å². The topological polar surface area (TPSA) is 29.9 Å². The molecule has 1 aromatic carbocycles. The summed E-state index contributed by atoms with van der Waals surface area (Å²) < 4.78 is 1.92. The lowest BCUT2D eigenvalue weighted by atomic mass is 10.0. The highest BCUT2D eigenvalue weighted by atomic mass is 15.3. The van der Waals surface area contributed by atoms with Crippen molar-refractivity contribution in [3.8, 4) is 0 Å². The zero-order valence-corrected chi connectivity index (χ0v) is 12.2. The molecule has 2 aromatic rings. The van der Waals surface area contributed by atoms with Gasteiger partial charge in [-0.1, -0.05) is 38.1 Å². The van der Waals surface area contributed by atoms with Crippen LogP contribution in [0.2, 0.25) is 0 Å². The number of hydrogen-bond acceptors (Lipinski definition) is 2. The molecule has 19 heavy (non-hydrogen) atoms. The Bertz CT molecular complexity index is 511. The van der Waals surface area contributed by atoms with E-state index >= 15 is 0 Å². The maximum Gasteiger partial charge on any atom is 0.0547 e. The third kappa shape index (κ3) is 3.44. The van der Waals surface area contributed by atoms with Crippen LogP contribution >= 0.6 is 0 Å². The zero-order chi connectivity index (χ0) is 13.8. The Hall–Kier alpha value is -1.61. The Labute approximate surface area is 115 Å². The van der Waals surface area contributed by atoms with Crippen LogP contribution in [0.3, 0.4) is 0 Å². The highest BCUT2D eigenvalue weighted by Gasteiger charge is 2.08. The van der Waals surface area contributed by atoms with E-state index in [1.54, 1.807) is 0 Å². The van der Waals surface area contributed by atoms with Crippen LogP contribution in [0.15, 0.2) is 36.5 Å². The van der Waals surface area contributed by atoms with Crippen molar-refractivity contribution < 1.29 is 0 Å². The highest BCUT2D eigenvalue weighted by molar-refractivity contribution is 5.24. The fourth-order valence-corrected chi connectivity index (χ4v) is 2.20. The number of benzene rings is 1. The summed E-state index contributed by atoms with van der Waals surface area (Å²) in [5.41, 5.74) is 3.92. The average Bonchev–Trinajstić information content (AvgIpc) is 2.83. The summed E-state index contributed by atoms with van der Waals surface area (Å²) in [7, 11) is 1.98. The van der Waals surface area contributed by atoms with E-state index in [0.717, 1.165) is 6.54 Å². The van der Waals surface area contributed by atoms with Gasteiger partial charge in [0.15, 0.2) is 0 Å². The van der Waals surface area contributed by atoms with Crippen molar-refractivity contribution in [1.29, 1.82) is 0 Å². The summed E-state index contributed by atoms with van der Waals surface area (Å²) in [6.07, 6.45) is 1.84. The van der Waals surface area contributed by atoms with Crippen molar-refractivity contribution in [2.45, 2.75) is 39.3 Å². The maximum atomic E-state index is 4.20. The number of nitrogens with one attached hydrogen (secondary N) is 1. The Morgan fingerprint density at radius 1 is 1.11 bits per heavy atom. The molecule has 3 heteroatoms. The third-order valence-electron chi connectivity index (χ3n) is 3.56. The summed E-state index contributed by atoms with van der Waals surface area (Å²) in [4.78, 5) is 0. The van der Waals surface area contributed by atoms with Gasteiger partial charge in [-0.3, -0.25) is 4.68 Å². The van der Waals surface area contributed by atoms with Gasteiger partial charge >= 0.3 is 0 Å². The molecule has 1 aromatic heterocycles. The molecule has 1 unspecified atom stereocenters. The van der Waals surface area contributed by atoms with Crippen molar-refractivity contribution in [3.63, 3.8) is 0 Å². The largest absolute Gasteiger partial charge is 0.305 e. The molecule has 102 valence electrons. The molecule has 0 spiro atoms. The molecule has 0 aliphatic carbocycles. The predicted molar refractivity (Wildman–Crippen MR) is 79.0 cm³/mol. The molecule has 0 saturated carbocycles.